The van der Waals surface area contributed by atoms with Gasteiger partial charge in [-0.05, 0) is 53.9 Å². The molecule has 0 N–H and O–H groups in total. The van der Waals surface area contributed by atoms with Crippen molar-refractivity contribution in [1.82, 2.24) is 9.80 Å². The van der Waals surface area contributed by atoms with Gasteiger partial charge in [-0.2, -0.15) is 0 Å². The first-order valence-corrected chi connectivity index (χ1v) is 9.87. The molecule has 2 aromatic carbocycles. The Morgan fingerprint density at radius 2 is 1.48 bits per heavy atom. The average molecular weight is 399 g/mol. The first-order chi connectivity index (χ1) is 14.1. The molecule has 29 heavy (non-hydrogen) atoms. The van der Waals surface area contributed by atoms with Crippen molar-refractivity contribution in [1.29, 1.82) is 0 Å². The smallest absolute Gasteiger partial charge is 0.320 e. The number of piperazine rings is 1. The Bertz CT molecular complexity index is 880. The van der Waals surface area contributed by atoms with Crippen LogP contribution in [0.15, 0.2) is 36.4 Å². The molecule has 4 rings (SSSR count). The van der Waals surface area contributed by atoms with Gasteiger partial charge in [0.15, 0.2) is 11.5 Å². The van der Waals surface area contributed by atoms with E-state index in [4.69, 9.17) is 9.47 Å². The molecule has 2 amide bonds. The maximum Gasteiger partial charge on any atom is 0.320 e. The highest BCUT2D eigenvalue weighted by molar-refractivity contribution is 5.75. The number of hydrogen-bond donors (Lipinski definition) is 0. The Balaban J connectivity index is 1.39. The van der Waals surface area contributed by atoms with Crippen molar-refractivity contribution in [3.05, 3.63) is 53.3 Å². The molecule has 0 aromatic heterocycles. The van der Waals surface area contributed by atoms with Gasteiger partial charge in [0.1, 0.15) is 5.82 Å². The lowest BCUT2D eigenvalue weighted by molar-refractivity contribution is 0.145. The number of amides is 2. The number of carbonyl (C=O) groups is 1. The largest absolute Gasteiger partial charge is 0.493 e. The van der Waals surface area contributed by atoms with E-state index in [1.807, 2.05) is 21.9 Å². The molecule has 0 spiro atoms. The number of nitrogens with zero attached hydrogens (tertiary/aromatic N) is 3. The van der Waals surface area contributed by atoms with Crippen molar-refractivity contribution < 1.29 is 18.7 Å². The van der Waals surface area contributed by atoms with Gasteiger partial charge >= 0.3 is 6.03 Å². The summed E-state index contributed by atoms with van der Waals surface area (Å²) in [6, 6.07) is 10.6. The zero-order valence-electron chi connectivity index (χ0n) is 16.9. The van der Waals surface area contributed by atoms with Gasteiger partial charge in [-0.3, -0.25) is 0 Å². The quantitative estimate of drug-likeness (QED) is 0.796. The summed E-state index contributed by atoms with van der Waals surface area (Å²) in [6.45, 7) is 4.07. The Labute approximate surface area is 170 Å². The third-order valence-corrected chi connectivity index (χ3v) is 5.73. The summed E-state index contributed by atoms with van der Waals surface area (Å²) in [7, 11) is 3.26. The Kier molecular flexibility index (Phi) is 5.47. The van der Waals surface area contributed by atoms with Crippen molar-refractivity contribution in [2.24, 2.45) is 0 Å². The van der Waals surface area contributed by atoms with Crippen LogP contribution in [-0.4, -0.2) is 62.8 Å². The molecule has 1 saturated heterocycles. The van der Waals surface area contributed by atoms with Crippen LogP contribution in [0.4, 0.5) is 14.9 Å². The predicted molar refractivity (Wildman–Crippen MR) is 109 cm³/mol. The maximum absolute atomic E-state index is 13.1. The van der Waals surface area contributed by atoms with E-state index < -0.39 is 0 Å². The normalized spacial score (nSPS) is 16.4. The molecule has 0 atom stereocenters. The summed E-state index contributed by atoms with van der Waals surface area (Å²) in [4.78, 5) is 19.1. The molecule has 2 aliphatic rings. The van der Waals surface area contributed by atoms with E-state index in [1.165, 1.54) is 17.7 Å². The first kappa shape index (κ1) is 19.4. The van der Waals surface area contributed by atoms with E-state index in [1.54, 1.807) is 26.4 Å². The average Bonchev–Trinajstić information content (AvgIpc) is 2.78. The second-order valence-electron chi connectivity index (χ2n) is 7.38. The van der Waals surface area contributed by atoms with Gasteiger partial charge in [-0.25, -0.2) is 9.18 Å². The van der Waals surface area contributed by atoms with Crippen LogP contribution >= 0.6 is 0 Å². The highest BCUT2D eigenvalue weighted by Gasteiger charge is 2.28. The summed E-state index contributed by atoms with van der Waals surface area (Å²) in [5.74, 6) is 1.18. The number of methoxy groups -OCH3 is 2. The number of ether oxygens (including phenoxy) is 2. The molecule has 2 aromatic rings. The molecule has 0 saturated carbocycles. The van der Waals surface area contributed by atoms with Crippen LogP contribution in [0.1, 0.15) is 11.1 Å². The number of rotatable bonds is 3. The number of halogens is 1. The van der Waals surface area contributed by atoms with Crippen molar-refractivity contribution in [3.63, 3.8) is 0 Å². The molecule has 2 aliphatic heterocycles. The zero-order chi connectivity index (χ0) is 20.4. The van der Waals surface area contributed by atoms with E-state index in [0.29, 0.717) is 31.9 Å². The minimum absolute atomic E-state index is 0.0733. The van der Waals surface area contributed by atoms with Gasteiger partial charge < -0.3 is 24.2 Å². The molecule has 1 fully saturated rings. The van der Waals surface area contributed by atoms with Gasteiger partial charge in [-0.1, -0.05) is 0 Å². The standard InChI is InChI=1S/C22H26FN3O3/c1-28-20-13-16-7-8-26(15-17(16)14-21(20)29-2)22(27)25-11-9-24(10-12-25)19-5-3-18(23)4-6-19/h3-6,13-14H,7-12,15H2,1-2H3. The SMILES string of the molecule is COc1cc2c(cc1OC)CN(C(=O)N1CCN(c3ccc(F)cc3)CC1)CC2. The fourth-order valence-corrected chi connectivity index (χ4v) is 4.05. The molecular formula is C22H26FN3O3. The predicted octanol–water partition coefficient (Wildman–Crippen LogP) is 3.14. The van der Waals surface area contributed by atoms with E-state index >= 15 is 0 Å². The first-order valence-electron chi connectivity index (χ1n) is 9.87. The van der Waals surface area contributed by atoms with Crippen LogP contribution in [0.5, 0.6) is 11.5 Å². The lowest BCUT2D eigenvalue weighted by Gasteiger charge is -2.39. The number of urea groups is 1. The fraction of sp³-hybridized carbons (Fsp3) is 0.409. The number of hydrogen-bond acceptors (Lipinski definition) is 4. The van der Waals surface area contributed by atoms with E-state index in [-0.39, 0.29) is 11.8 Å². The molecular weight excluding hydrogens is 373 g/mol. The Morgan fingerprint density at radius 1 is 0.862 bits per heavy atom. The maximum atomic E-state index is 13.1. The lowest BCUT2D eigenvalue weighted by atomic mass is 9.99. The number of benzene rings is 2. The van der Waals surface area contributed by atoms with Crippen molar-refractivity contribution >= 4 is 11.7 Å². The second-order valence-corrected chi connectivity index (χ2v) is 7.38. The number of fused-ring (bicyclic) bond motifs is 1. The molecule has 0 unspecified atom stereocenters. The van der Waals surface area contributed by atoms with Crippen molar-refractivity contribution in [3.8, 4) is 11.5 Å². The molecule has 0 aliphatic carbocycles. The van der Waals surface area contributed by atoms with Gasteiger partial charge in [0.2, 0.25) is 0 Å². The zero-order valence-corrected chi connectivity index (χ0v) is 16.9. The third-order valence-electron chi connectivity index (χ3n) is 5.73. The van der Waals surface area contributed by atoms with Gasteiger partial charge in [0, 0.05) is 45.0 Å². The molecule has 7 heteroatoms. The third kappa shape index (κ3) is 3.95. The molecule has 2 heterocycles. The second kappa shape index (κ2) is 8.19. The van der Waals surface area contributed by atoms with E-state index in [2.05, 4.69) is 4.90 Å². The minimum Gasteiger partial charge on any atom is -0.493 e. The van der Waals surface area contributed by atoms with Crippen LogP contribution in [0.2, 0.25) is 0 Å². The van der Waals surface area contributed by atoms with Crippen molar-refractivity contribution in [2.75, 3.05) is 51.8 Å². The summed E-state index contributed by atoms with van der Waals surface area (Å²) >= 11 is 0. The summed E-state index contributed by atoms with van der Waals surface area (Å²) in [6.07, 6.45) is 0.803. The number of anilines is 1. The van der Waals surface area contributed by atoms with Gasteiger partial charge in [-0.15, -0.1) is 0 Å². The molecule has 6 nitrogen and oxygen atoms in total. The van der Waals surface area contributed by atoms with Crippen molar-refractivity contribution in [2.45, 2.75) is 13.0 Å². The van der Waals surface area contributed by atoms with Crippen LogP contribution in [0.3, 0.4) is 0 Å². The Hall–Kier alpha value is -2.96. The topological polar surface area (TPSA) is 45.3 Å². The van der Waals surface area contributed by atoms with Crippen LogP contribution in [0, 0.1) is 5.82 Å². The van der Waals surface area contributed by atoms with Crippen LogP contribution in [0.25, 0.3) is 0 Å². The molecule has 154 valence electrons. The highest BCUT2D eigenvalue weighted by atomic mass is 19.1. The van der Waals surface area contributed by atoms with E-state index in [0.717, 1.165) is 36.5 Å². The fourth-order valence-electron chi connectivity index (χ4n) is 4.05. The van der Waals surface area contributed by atoms with E-state index in [9.17, 15) is 9.18 Å². The summed E-state index contributed by atoms with van der Waals surface area (Å²) in [5.41, 5.74) is 3.30. The molecule has 0 bridgehead atoms. The summed E-state index contributed by atoms with van der Waals surface area (Å²) < 4.78 is 23.9. The Morgan fingerprint density at radius 3 is 2.10 bits per heavy atom. The molecule has 0 radical (unpaired) electrons. The van der Waals surface area contributed by atoms with Gasteiger partial charge in [0.05, 0.1) is 14.2 Å². The van der Waals surface area contributed by atoms with Gasteiger partial charge in [0.25, 0.3) is 0 Å². The highest BCUT2D eigenvalue weighted by Crippen LogP contribution is 2.33. The van der Waals surface area contributed by atoms with Crippen LogP contribution in [-0.2, 0) is 13.0 Å². The minimum atomic E-state index is -0.234. The summed E-state index contributed by atoms with van der Waals surface area (Å²) in [5, 5.41) is 0. The monoisotopic (exact) mass is 399 g/mol. The van der Waals surface area contributed by atoms with Crippen LogP contribution < -0.4 is 14.4 Å². The lowest BCUT2D eigenvalue weighted by Crippen LogP contribution is -2.53. The number of carbonyl (C=O) groups excluding carboxylic acids is 1.